The predicted molar refractivity (Wildman–Crippen MR) is 93.1 cm³/mol. The zero-order chi connectivity index (χ0) is 13.2. The van der Waals surface area contributed by atoms with Crippen LogP contribution in [0.5, 0.6) is 0 Å². The normalized spacial score (nSPS) is 17.8. The molecule has 1 fully saturated rings. The Morgan fingerprint density at radius 2 is 1.80 bits per heavy atom. The van der Waals surface area contributed by atoms with E-state index in [1.54, 1.807) is 0 Å². The molecular weight excluding hydrogens is 361 g/mol. The third-order valence-corrected chi connectivity index (χ3v) is 3.87. The number of nitrogens with zero attached hydrogens (tertiary/aromatic N) is 2. The Balaban J connectivity index is 0.00000180. The molecule has 3 nitrogen and oxygen atoms in total. The largest absolute Gasteiger partial charge is 0.314 e. The predicted octanol–water partition coefficient (Wildman–Crippen LogP) is 3.68. The highest BCUT2D eigenvalue weighted by atomic mass is 79.9. The lowest BCUT2D eigenvalue weighted by Gasteiger charge is -2.42. The summed E-state index contributed by atoms with van der Waals surface area (Å²) < 4.78 is 0.902. The molecule has 0 aromatic carbocycles. The average Bonchev–Trinajstić information content (AvgIpc) is 2.32. The molecule has 116 valence electrons. The zero-order valence-electron chi connectivity index (χ0n) is 12.2. The average molecular weight is 385 g/mol. The molecule has 0 unspecified atom stereocenters. The van der Waals surface area contributed by atoms with Gasteiger partial charge in [-0.1, -0.05) is 26.8 Å². The monoisotopic (exact) mass is 383 g/mol. The molecule has 0 saturated carbocycles. The SMILES string of the molecule is CC(C)(C)[C@H](c1ccc(Br)nc1)N1CCNCC1.Cl.Cl. The summed E-state index contributed by atoms with van der Waals surface area (Å²) in [5, 5.41) is 3.42. The van der Waals surface area contributed by atoms with Crippen molar-refractivity contribution in [2.75, 3.05) is 26.2 Å². The molecule has 0 spiro atoms. The molecule has 2 rings (SSSR count). The Hall–Kier alpha value is 0.130. The minimum Gasteiger partial charge on any atom is -0.314 e. The van der Waals surface area contributed by atoms with Crippen LogP contribution in [-0.4, -0.2) is 36.1 Å². The van der Waals surface area contributed by atoms with Crippen LogP contribution in [0.2, 0.25) is 0 Å². The van der Waals surface area contributed by atoms with Gasteiger partial charge in [0.05, 0.1) is 0 Å². The quantitative estimate of drug-likeness (QED) is 0.788. The Bertz CT molecular complexity index is 386. The van der Waals surface area contributed by atoms with Crippen molar-refractivity contribution in [3.8, 4) is 0 Å². The second-order valence-corrected chi connectivity index (χ2v) is 6.78. The standard InChI is InChI=1S/C14H22BrN3.2ClH/c1-14(2,3)13(18-8-6-16-7-9-18)11-4-5-12(15)17-10-11;;/h4-5,10,13,16H,6-9H2,1-3H3;2*1H/t13-;;/m0../s1. The number of nitrogens with one attached hydrogen (secondary N) is 1. The maximum atomic E-state index is 4.38. The van der Waals surface area contributed by atoms with E-state index in [1.165, 1.54) is 5.56 Å². The van der Waals surface area contributed by atoms with Crippen LogP contribution in [0.3, 0.4) is 0 Å². The fraction of sp³-hybridized carbons (Fsp3) is 0.643. The van der Waals surface area contributed by atoms with E-state index in [9.17, 15) is 0 Å². The fourth-order valence-electron chi connectivity index (χ4n) is 2.75. The summed E-state index contributed by atoms with van der Waals surface area (Å²) in [7, 11) is 0. The third-order valence-electron chi connectivity index (χ3n) is 3.40. The van der Waals surface area contributed by atoms with E-state index >= 15 is 0 Å². The summed E-state index contributed by atoms with van der Waals surface area (Å²) in [5.41, 5.74) is 1.53. The molecule has 0 bridgehead atoms. The second-order valence-electron chi connectivity index (χ2n) is 5.97. The van der Waals surface area contributed by atoms with Gasteiger partial charge in [0.1, 0.15) is 4.60 Å². The molecule has 0 amide bonds. The van der Waals surface area contributed by atoms with Crippen molar-refractivity contribution in [1.29, 1.82) is 0 Å². The van der Waals surface area contributed by atoms with Crippen LogP contribution in [0.15, 0.2) is 22.9 Å². The van der Waals surface area contributed by atoms with Gasteiger partial charge < -0.3 is 5.32 Å². The van der Waals surface area contributed by atoms with Crippen molar-refractivity contribution in [2.24, 2.45) is 5.41 Å². The number of hydrogen-bond donors (Lipinski definition) is 1. The molecule has 1 aliphatic rings. The molecule has 1 aromatic heterocycles. The maximum absolute atomic E-state index is 4.38. The van der Waals surface area contributed by atoms with Gasteiger partial charge in [0, 0.05) is 38.4 Å². The van der Waals surface area contributed by atoms with Gasteiger partial charge in [-0.25, -0.2) is 4.98 Å². The lowest BCUT2D eigenvalue weighted by Crippen LogP contribution is -2.48. The van der Waals surface area contributed by atoms with Gasteiger partial charge >= 0.3 is 0 Å². The van der Waals surface area contributed by atoms with Crippen molar-refractivity contribution in [3.63, 3.8) is 0 Å². The number of halogens is 3. The summed E-state index contributed by atoms with van der Waals surface area (Å²) in [5.74, 6) is 0. The van der Waals surface area contributed by atoms with E-state index < -0.39 is 0 Å². The molecule has 0 aliphatic carbocycles. The van der Waals surface area contributed by atoms with Gasteiger partial charge in [0.15, 0.2) is 0 Å². The lowest BCUT2D eigenvalue weighted by atomic mass is 9.81. The van der Waals surface area contributed by atoms with Crippen molar-refractivity contribution < 1.29 is 0 Å². The summed E-state index contributed by atoms with van der Waals surface area (Å²) in [6, 6.07) is 4.66. The Kier molecular flexibility index (Phi) is 8.60. The topological polar surface area (TPSA) is 28.2 Å². The summed E-state index contributed by atoms with van der Waals surface area (Å²) in [4.78, 5) is 6.95. The zero-order valence-corrected chi connectivity index (χ0v) is 15.4. The van der Waals surface area contributed by atoms with Gasteiger partial charge in [0.2, 0.25) is 0 Å². The van der Waals surface area contributed by atoms with Crippen LogP contribution in [0.1, 0.15) is 32.4 Å². The Labute approximate surface area is 142 Å². The Morgan fingerprint density at radius 3 is 2.25 bits per heavy atom. The van der Waals surface area contributed by atoms with Gasteiger partial charge in [-0.2, -0.15) is 0 Å². The van der Waals surface area contributed by atoms with Crippen LogP contribution in [0.25, 0.3) is 0 Å². The summed E-state index contributed by atoms with van der Waals surface area (Å²) in [6.07, 6.45) is 2.00. The van der Waals surface area contributed by atoms with E-state index in [4.69, 9.17) is 0 Å². The molecule has 1 aliphatic heterocycles. The molecule has 6 heteroatoms. The number of piperazine rings is 1. The first-order valence-corrected chi connectivity index (χ1v) is 7.34. The molecule has 2 heterocycles. The number of aromatic nitrogens is 1. The van der Waals surface area contributed by atoms with Crippen LogP contribution < -0.4 is 5.32 Å². The third kappa shape index (κ3) is 5.15. The maximum Gasteiger partial charge on any atom is 0.106 e. The van der Waals surface area contributed by atoms with Crippen LogP contribution in [-0.2, 0) is 0 Å². The summed E-state index contributed by atoms with van der Waals surface area (Å²) in [6.45, 7) is 11.3. The van der Waals surface area contributed by atoms with E-state index in [0.717, 1.165) is 30.8 Å². The molecule has 1 saturated heterocycles. The van der Waals surface area contributed by atoms with Crippen molar-refractivity contribution in [1.82, 2.24) is 15.2 Å². The minimum absolute atomic E-state index is 0. The second kappa shape index (κ2) is 8.54. The van der Waals surface area contributed by atoms with Crippen LogP contribution in [0, 0.1) is 5.41 Å². The molecule has 1 aromatic rings. The van der Waals surface area contributed by atoms with Crippen molar-refractivity contribution in [2.45, 2.75) is 26.8 Å². The molecule has 20 heavy (non-hydrogen) atoms. The van der Waals surface area contributed by atoms with Gasteiger partial charge in [-0.3, -0.25) is 4.90 Å². The molecule has 0 radical (unpaired) electrons. The molecular formula is C14H24BrCl2N3. The van der Waals surface area contributed by atoms with Gasteiger partial charge in [0.25, 0.3) is 0 Å². The first kappa shape index (κ1) is 20.1. The fourth-order valence-corrected chi connectivity index (χ4v) is 2.98. The van der Waals surface area contributed by atoms with E-state index in [1.807, 2.05) is 12.3 Å². The van der Waals surface area contributed by atoms with Gasteiger partial charge in [-0.05, 0) is 33.0 Å². The van der Waals surface area contributed by atoms with Gasteiger partial charge in [-0.15, -0.1) is 24.8 Å². The van der Waals surface area contributed by atoms with Crippen LogP contribution in [0.4, 0.5) is 0 Å². The Morgan fingerprint density at radius 1 is 1.20 bits per heavy atom. The smallest absolute Gasteiger partial charge is 0.106 e. The van der Waals surface area contributed by atoms with Crippen LogP contribution >= 0.6 is 40.7 Å². The van der Waals surface area contributed by atoms with E-state index in [2.05, 4.69) is 58.0 Å². The number of pyridine rings is 1. The molecule has 1 atom stereocenters. The number of hydrogen-bond acceptors (Lipinski definition) is 3. The lowest BCUT2D eigenvalue weighted by molar-refractivity contribution is 0.0859. The van der Waals surface area contributed by atoms with E-state index in [-0.39, 0.29) is 30.2 Å². The highest BCUT2D eigenvalue weighted by Crippen LogP contribution is 2.37. The highest BCUT2D eigenvalue weighted by molar-refractivity contribution is 9.10. The minimum atomic E-state index is 0. The summed E-state index contributed by atoms with van der Waals surface area (Å²) >= 11 is 3.41. The van der Waals surface area contributed by atoms with Crippen molar-refractivity contribution >= 4 is 40.7 Å². The first-order valence-electron chi connectivity index (χ1n) is 6.55. The van der Waals surface area contributed by atoms with E-state index in [0.29, 0.717) is 6.04 Å². The first-order chi connectivity index (χ1) is 8.48. The molecule has 1 N–H and O–H groups in total. The highest BCUT2D eigenvalue weighted by Gasteiger charge is 2.32. The number of rotatable bonds is 2. The van der Waals surface area contributed by atoms with Crippen molar-refractivity contribution in [3.05, 3.63) is 28.5 Å².